The molecule has 0 bridgehead atoms. The molecule has 12 heavy (non-hydrogen) atoms. The van der Waals surface area contributed by atoms with Crippen molar-refractivity contribution < 1.29 is 9.53 Å². The molecule has 70 valence electrons. The number of thioether (sulfide) groups is 1. The number of ketones is 1. The summed E-state index contributed by atoms with van der Waals surface area (Å²) in [6, 6.07) is 0. The van der Waals surface area contributed by atoms with E-state index < -0.39 is 0 Å². The second-order valence-electron chi connectivity index (χ2n) is 4.14. The SMILES string of the molecule is CC(C)(C)C(=O)CSC1COC1. The quantitative estimate of drug-likeness (QED) is 0.674. The van der Waals surface area contributed by atoms with Crippen LogP contribution in [-0.2, 0) is 9.53 Å². The van der Waals surface area contributed by atoms with Crippen LogP contribution in [0, 0.1) is 5.41 Å². The molecule has 0 aromatic heterocycles. The van der Waals surface area contributed by atoms with Gasteiger partial charge in [0.25, 0.3) is 0 Å². The second kappa shape index (κ2) is 3.79. The van der Waals surface area contributed by atoms with Crippen LogP contribution in [0.15, 0.2) is 0 Å². The molecule has 1 fully saturated rings. The van der Waals surface area contributed by atoms with Gasteiger partial charge in [-0.2, -0.15) is 0 Å². The van der Waals surface area contributed by atoms with Crippen LogP contribution in [0.3, 0.4) is 0 Å². The van der Waals surface area contributed by atoms with Gasteiger partial charge in [0, 0.05) is 5.41 Å². The molecule has 1 aliphatic heterocycles. The first kappa shape index (κ1) is 10.1. The van der Waals surface area contributed by atoms with Crippen LogP contribution in [0.2, 0.25) is 0 Å². The Hall–Kier alpha value is -0.0200. The number of carbonyl (C=O) groups excluding carboxylic acids is 1. The summed E-state index contributed by atoms with van der Waals surface area (Å²) in [5, 5.41) is 0.566. The van der Waals surface area contributed by atoms with E-state index >= 15 is 0 Å². The minimum absolute atomic E-state index is 0.183. The number of hydrogen-bond acceptors (Lipinski definition) is 3. The van der Waals surface area contributed by atoms with Gasteiger partial charge in [0.15, 0.2) is 0 Å². The van der Waals surface area contributed by atoms with E-state index in [9.17, 15) is 4.79 Å². The first-order valence-corrected chi connectivity index (χ1v) is 5.27. The Morgan fingerprint density at radius 2 is 2.08 bits per heavy atom. The maximum Gasteiger partial charge on any atom is 0.148 e. The predicted molar refractivity (Wildman–Crippen MR) is 51.5 cm³/mol. The lowest BCUT2D eigenvalue weighted by atomic mass is 9.92. The summed E-state index contributed by atoms with van der Waals surface area (Å²) in [7, 11) is 0. The largest absolute Gasteiger partial charge is 0.379 e. The fraction of sp³-hybridized carbons (Fsp3) is 0.889. The first-order valence-electron chi connectivity index (χ1n) is 4.23. The molecular formula is C9H16O2S. The van der Waals surface area contributed by atoms with Crippen LogP contribution in [0.4, 0.5) is 0 Å². The molecule has 2 nitrogen and oxygen atoms in total. The Bertz CT molecular complexity index is 168. The third kappa shape index (κ3) is 2.79. The van der Waals surface area contributed by atoms with Crippen molar-refractivity contribution in [2.24, 2.45) is 5.41 Å². The molecule has 1 saturated heterocycles. The van der Waals surface area contributed by atoms with E-state index in [1.807, 2.05) is 20.8 Å². The molecule has 1 aliphatic rings. The van der Waals surface area contributed by atoms with Gasteiger partial charge in [-0.25, -0.2) is 0 Å². The number of ether oxygens (including phenoxy) is 1. The summed E-state index contributed by atoms with van der Waals surface area (Å²) >= 11 is 1.72. The second-order valence-corrected chi connectivity index (χ2v) is 5.43. The molecule has 0 unspecified atom stereocenters. The summed E-state index contributed by atoms with van der Waals surface area (Å²) < 4.78 is 5.02. The minimum atomic E-state index is -0.183. The molecular weight excluding hydrogens is 172 g/mol. The number of Topliss-reactive ketones (excluding diaryl/α,β-unsaturated/α-hetero) is 1. The third-order valence-electron chi connectivity index (χ3n) is 1.89. The highest BCUT2D eigenvalue weighted by atomic mass is 32.2. The van der Waals surface area contributed by atoms with Gasteiger partial charge in [-0.15, -0.1) is 11.8 Å². The molecule has 0 aromatic carbocycles. The van der Waals surface area contributed by atoms with E-state index in [0.717, 1.165) is 13.2 Å². The molecule has 1 rings (SSSR count). The lowest BCUT2D eigenvalue weighted by Crippen LogP contribution is -2.32. The summed E-state index contributed by atoms with van der Waals surface area (Å²) in [6.07, 6.45) is 0. The molecule has 0 amide bonds. The number of carbonyl (C=O) groups is 1. The average Bonchev–Trinajstić information content (AvgIpc) is 1.81. The zero-order chi connectivity index (χ0) is 9.19. The Kier molecular flexibility index (Phi) is 3.18. The Morgan fingerprint density at radius 1 is 1.50 bits per heavy atom. The smallest absolute Gasteiger partial charge is 0.148 e. The lowest BCUT2D eigenvalue weighted by Gasteiger charge is -2.26. The van der Waals surface area contributed by atoms with Gasteiger partial charge >= 0.3 is 0 Å². The lowest BCUT2D eigenvalue weighted by molar-refractivity contribution is -0.123. The molecule has 0 N–H and O–H groups in total. The predicted octanol–water partition coefficient (Wildman–Crippen LogP) is 1.73. The van der Waals surface area contributed by atoms with Gasteiger partial charge in [-0.1, -0.05) is 20.8 Å². The molecule has 0 saturated carbocycles. The standard InChI is InChI=1S/C9H16O2S/c1-9(2,3)8(10)6-12-7-4-11-5-7/h7H,4-6H2,1-3H3. The topological polar surface area (TPSA) is 26.3 Å². The van der Waals surface area contributed by atoms with Crippen molar-refractivity contribution >= 4 is 17.5 Å². The molecule has 0 aliphatic carbocycles. The highest BCUT2D eigenvalue weighted by molar-refractivity contribution is 8.00. The van der Waals surface area contributed by atoms with Crippen LogP contribution in [0.25, 0.3) is 0 Å². The molecule has 1 heterocycles. The third-order valence-corrected chi connectivity index (χ3v) is 3.07. The van der Waals surface area contributed by atoms with Crippen LogP contribution < -0.4 is 0 Å². The van der Waals surface area contributed by atoms with Gasteiger partial charge in [0.2, 0.25) is 0 Å². The van der Waals surface area contributed by atoms with Crippen LogP contribution in [0.5, 0.6) is 0 Å². The van der Waals surface area contributed by atoms with E-state index in [-0.39, 0.29) is 5.41 Å². The van der Waals surface area contributed by atoms with Crippen molar-refractivity contribution in [3.63, 3.8) is 0 Å². The zero-order valence-corrected chi connectivity index (χ0v) is 8.74. The zero-order valence-electron chi connectivity index (χ0n) is 7.92. The molecule has 0 radical (unpaired) electrons. The maximum absolute atomic E-state index is 11.4. The van der Waals surface area contributed by atoms with E-state index in [0.29, 0.717) is 16.8 Å². The fourth-order valence-corrected chi connectivity index (χ4v) is 1.93. The van der Waals surface area contributed by atoms with E-state index in [1.165, 1.54) is 0 Å². The summed E-state index contributed by atoms with van der Waals surface area (Å²) in [4.78, 5) is 11.4. The first-order chi connectivity index (χ1) is 5.50. The van der Waals surface area contributed by atoms with Gasteiger partial charge in [0.05, 0.1) is 24.2 Å². The maximum atomic E-state index is 11.4. The summed E-state index contributed by atoms with van der Waals surface area (Å²) in [5.41, 5.74) is -0.183. The van der Waals surface area contributed by atoms with Crippen molar-refractivity contribution in [2.75, 3.05) is 19.0 Å². The van der Waals surface area contributed by atoms with Crippen LogP contribution in [-0.4, -0.2) is 30.0 Å². The van der Waals surface area contributed by atoms with Gasteiger partial charge < -0.3 is 4.74 Å². The van der Waals surface area contributed by atoms with Gasteiger partial charge in [0.1, 0.15) is 5.78 Å². The Labute approximate surface area is 78.1 Å². The highest BCUT2D eigenvalue weighted by Gasteiger charge is 2.25. The number of hydrogen-bond donors (Lipinski definition) is 0. The normalized spacial score (nSPS) is 18.9. The summed E-state index contributed by atoms with van der Waals surface area (Å²) in [5.74, 6) is 0.969. The van der Waals surface area contributed by atoms with Crippen LogP contribution >= 0.6 is 11.8 Å². The molecule has 3 heteroatoms. The van der Waals surface area contributed by atoms with E-state index in [1.54, 1.807) is 11.8 Å². The van der Waals surface area contributed by atoms with Crippen molar-refractivity contribution in [1.82, 2.24) is 0 Å². The van der Waals surface area contributed by atoms with Gasteiger partial charge in [-0.05, 0) is 0 Å². The van der Waals surface area contributed by atoms with E-state index in [4.69, 9.17) is 4.74 Å². The average molecular weight is 188 g/mol. The molecule has 0 spiro atoms. The molecule has 0 atom stereocenters. The Balaban J connectivity index is 2.17. The van der Waals surface area contributed by atoms with Crippen molar-refractivity contribution in [3.05, 3.63) is 0 Å². The Morgan fingerprint density at radius 3 is 2.42 bits per heavy atom. The van der Waals surface area contributed by atoms with Crippen molar-refractivity contribution in [2.45, 2.75) is 26.0 Å². The van der Waals surface area contributed by atoms with Crippen LogP contribution in [0.1, 0.15) is 20.8 Å². The molecule has 0 aromatic rings. The fourth-order valence-electron chi connectivity index (χ4n) is 0.720. The minimum Gasteiger partial charge on any atom is -0.379 e. The summed E-state index contributed by atoms with van der Waals surface area (Å²) in [6.45, 7) is 7.54. The monoisotopic (exact) mass is 188 g/mol. The highest BCUT2D eigenvalue weighted by Crippen LogP contribution is 2.23. The van der Waals surface area contributed by atoms with E-state index in [2.05, 4.69) is 0 Å². The van der Waals surface area contributed by atoms with Crippen molar-refractivity contribution in [1.29, 1.82) is 0 Å². The van der Waals surface area contributed by atoms with Crippen molar-refractivity contribution in [3.8, 4) is 0 Å². The number of rotatable bonds is 3. The van der Waals surface area contributed by atoms with Gasteiger partial charge in [-0.3, -0.25) is 4.79 Å².